The number of amides is 1. The average Bonchev–Trinajstić information content (AvgIpc) is 3.00. The molecule has 0 radical (unpaired) electrons. The summed E-state index contributed by atoms with van der Waals surface area (Å²) in [6.45, 7) is 3.46. The van der Waals surface area contributed by atoms with E-state index in [1.54, 1.807) is 22.4 Å². The van der Waals surface area contributed by atoms with Crippen LogP contribution in [-0.2, 0) is 11.3 Å². The highest BCUT2D eigenvalue weighted by atomic mass is 79.9. The zero-order valence-electron chi connectivity index (χ0n) is 12.9. The van der Waals surface area contributed by atoms with Gasteiger partial charge in [-0.15, -0.1) is 11.3 Å². The molecule has 1 saturated heterocycles. The predicted octanol–water partition coefficient (Wildman–Crippen LogP) is 3.01. The molecule has 0 saturated carbocycles. The van der Waals surface area contributed by atoms with Crippen LogP contribution in [0.25, 0.3) is 0 Å². The molecule has 7 heteroatoms. The second kappa shape index (κ2) is 7.42. The molecule has 1 aliphatic heterocycles. The molecule has 0 N–H and O–H groups in total. The predicted molar refractivity (Wildman–Crippen MR) is 95.1 cm³/mol. The van der Waals surface area contributed by atoms with Gasteiger partial charge in [-0.25, -0.2) is 4.98 Å². The highest BCUT2D eigenvalue weighted by molar-refractivity contribution is 9.11. The third kappa shape index (κ3) is 3.91. The minimum absolute atomic E-state index is 0.0101. The van der Waals surface area contributed by atoms with Crippen LogP contribution in [0.5, 0.6) is 0 Å². The quantitative estimate of drug-likeness (QED) is 0.797. The molecule has 1 aliphatic rings. The zero-order valence-corrected chi connectivity index (χ0v) is 15.3. The van der Waals surface area contributed by atoms with Gasteiger partial charge in [0.2, 0.25) is 0 Å². The van der Waals surface area contributed by atoms with Crippen LogP contribution in [-0.4, -0.2) is 49.1 Å². The second-order valence-corrected chi connectivity index (χ2v) is 7.89. The van der Waals surface area contributed by atoms with E-state index in [1.165, 1.54) is 0 Å². The van der Waals surface area contributed by atoms with Crippen LogP contribution in [0.2, 0.25) is 0 Å². The molecule has 2 aromatic rings. The van der Waals surface area contributed by atoms with Gasteiger partial charge in [-0.3, -0.25) is 4.79 Å². The molecule has 122 valence electrons. The van der Waals surface area contributed by atoms with Crippen molar-refractivity contribution in [3.8, 4) is 0 Å². The molecule has 2 aromatic heterocycles. The first-order valence-corrected chi connectivity index (χ1v) is 9.03. The van der Waals surface area contributed by atoms with Gasteiger partial charge in [0, 0.05) is 31.2 Å². The second-order valence-electron chi connectivity index (χ2n) is 5.34. The van der Waals surface area contributed by atoms with Gasteiger partial charge in [0.15, 0.2) is 0 Å². The molecule has 0 aromatic carbocycles. The van der Waals surface area contributed by atoms with E-state index in [0.29, 0.717) is 25.3 Å². The van der Waals surface area contributed by atoms with E-state index >= 15 is 0 Å². The fraction of sp³-hybridized carbons (Fsp3) is 0.375. The van der Waals surface area contributed by atoms with Gasteiger partial charge < -0.3 is 14.5 Å². The van der Waals surface area contributed by atoms with Gasteiger partial charge in [-0.05, 0) is 40.2 Å². The zero-order chi connectivity index (χ0) is 16.2. The highest BCUT2D eigenvalue weighted by Crippen LogP contribution is 2.25. The number of carbonyl (C=O) groups excluding carboxylic acids is 1. The third-order valence-corrected chi connectivity index (χ3v) is 5.30. The first-order valence-electron chi connectivity index (χ1n) is 7.42. The van der Waals surface area contributed by atoms with Crippen molar-refractivity contribution in [3.63, 3.8) is 0 Å². The summed E-state index contributed by atoms with van der Waals surface area (Å²) in [6, 6.07) is 7.69. The van der Waals surface area contributed by atoms with Gasteiger partial charge >= 0.3 is 0 Å². The molecular weight excluding hydrogens is 378 g/mol. The number of ether oxygens (including phenoxy) is 1. The number of carbonyl (C=O) groups is 1. The van der Waals surface area contributed by atoms with Crippen LogP contribution < -0.4 is 4.90 Å². The molecule has 3 rings (SSSR count). The summed E-state index contributed by atoms with van der Waals surface area (Å²) in [5.41, 5.74) is 0.646. The fourth-order valence-electron chi connectivity index (χ4n) is 2.54. The van der Waals surface area contributed by atoms with Gasteiger partial charge in [0.25, 0.3) is 5.91 Å². The van der Waals surface area contributed by atoms with Crippen LogP contribution in [0.4, 0.5) is 5.82 Å². The van der Waals surface area contributed by atoms with Crippen molar-refractivity contribution in [2.45, 2.75) is 6.54 Å². The van der Waals surface area contributed by atoms with Crippen molar-refractivity contribution in [2.75, 3.05) is 38.3 Å². The number of hydrogen-bond donors (Lipinski definition) is 0. The number of halogens is 1. The standard InChI is InChI=1S/C16H18BrN3O2S/c1-19(11-12-4-5-14(17)23-12)16(21)13-3-2-6-18-15(13)20-7-9-22-10-8-20/h2-6H,7-11H2,1H3. The minimum atomic E-state index is -0.0101. The number of hydrogen-bond acceptors (Lipinski definition) is 5. The maximum atomic E-state index is 12.8. The van der Waals surface area contributed by atoms with Crippen molar-refractivity contribution >= 4 is 39.0 Å². The molecule has 1 amide bonds. The van der Waals surface area contributed by atoms with Crippen LogP contribution in [0.3, 0.4) is 0 Å². The maximum absolute atomic E-state index is 12.8. The van der Waals surface area contributed by atoms with E-state index in [-0.39, 0.29) is 5.91 Å². The van der Waals surface area contributed by atoms with Crippen LogP contribution in [0.1, 0.15) is 15.2 Å². The van der Waals surface area contributed by atoms with E-state index < -0.39 is 0 Å². The Bertz CT molecular complexity index is 685. The Morgan fingerprint density at radius 2 is 2.17 bits per heavy atom. The van der Waals surface area contributed by atoms with Crippen molar-refractivity contribution in [3.05, 3.63) is 44.7 Å². The molecule has 0 atom stereocenters. The van der Waals surface area contributed by atoms with E-state index in [9.17, 15) is 4.79 Å². The largest absolute Gasteiger partial charge is 0.378 e. The molecule has 1 fully saturated rings. The summed E-state index contributed by atoms with van der Waals surface area (Å²) in [5, 5.41) is 0. The number of rotatable bonds is 4. The lowest BCUT2D eigenvalue weighted by atomic mass is 10.2. The van der Waals surface area contributed by atoms with E-state index in [4.69, 9.17) is 4.74 Å². The molecule has 5 nitrogen and oxygen atoms in total. The average molecular weight is 396 g/mol. The summed E-state index contributed by atoms with van der Waals surface area (Å²) < 4.78 is 6.46. The molecule has 0 unspecified atom stereocenters. The summed E-state index contributed by atoms with van der Waals surface area (Å²) in [5.74, 6) is 0.740. The van der Waals surface area contributed by atoms with Crippen LogP contribution in [0, 0.1) is 0 Å². The molecule has 23 heavy (non-hydrogen) atoms. The molecule has 3 heterocycles. The van der Waals surface area contributed by atoms with Crippen molar-refractivity contribution in [1.82, 2.24) is 9.88 Å². The number of morpholine rings is 1. The van der Waals surface area contributed by atoms with E-state index in [2.05, 4.69) is 25.8 Å². The summed E-state index contributed by atoms with van der Waals surface area (Å²) in [4.78, 5) is 22.3. The first kappa shape index (κ1) is 16.4. The lowest BCUT2D eigenvalue weighted by Gasteiger charge is -2.29. The van der Waals surface area contributed by atoms with Gasteiger partial charge in [-0.2, -0.15) is 0 Å². The Morgan fingerprint density at radius 1 is 1.39 bits per heavy atom. The Kier molecular flexibility index (Phi) is 5.30. The normalized spacial score (nSPS) is 14.8. The number of thiophene rings is 1. The van der Waals surface area contributed by atoms with E-state index in [1.807, 2.05) is 31.3 Å². The number of nitrogens with zero attached hydrogens (tertiary/aromatic N) is 3. The summed E-state index contributed by atoms with van der Waals surface area (Å²) in [6.07, 6.45) is 1.73. The Hall–Kier alpha value is -1.44. The van der Waals surface area contributed by atoms with Gasteiger partial charge in [-0.1, -0.05) is 0 Å². The molecule has 0 aliphatic carbocycles. The van der Waals surface area contributed by atoms with Crippen LogP contribution in [0.15, 0.2) is 34.2 Å². The van der Waals surface area contributed by atoms with Crippen LogP contribution >= 0.6 is 27.3 Å². The number of aromatic nitrogens is 1. The van der Waals surface area contributed by atoms with E-state index in [0.717, 1.165) is 27.6 Å². The maximum Gasteiger partial charge on any atom is 0.257 e. The Balaban J connectivity index is 1.78. The first-order chi connectivity index (χ1) is 11.1. The molecule has 0 spiro atoms. The Morgan fingerprint density at radius 3 is 2.87 bits per heavy atom. The Labute approximate surface area is 148 Å². The lowest BCUT2D eigenvalue weighted by Crippen LogP contribution is -2.38. The van der Waals surface area contributed by atoms with Crippen molar-refractivity contribution in [2.24, 2.45) is 0 Å². The number of pyridine rings is 1. The summed E-state index contributed by atoms with van der Waals surface area (Å²) in [7, 11) is 1.83. The van der Waals surface area contributed by atoms with Crippen molar-refractivity contribution < 1.29 is 9.53 Å². The summed E-state index contributed by atoms with van der Waals surface area (Å²) >= 11 is 5.10. The smallest absolute Gasteiger partial charge is 0.257 e. The molecular formula is C16H18BrN3O2S. The van der Waals surface area contributed by atoms with Gasteiger partial charge in [0.05, 0.1) is 29.1 Å². The topological polar surface area (TPSA) is 45.7 Å². The lowest BCUT2D eigenvalue weighted by molar-refractivity contribution is 0.0785. The van der Waals surface area contributed by atoms with Gasteiger partial charge in [0.1, 0.15) is 5.82 Å². The monoisotopic (exact) mass is 395 g/mol. The van der Waals surface area contributed by atoms with Crippen molar-refractivity contribution in [1.29, 1.82) is 0 Å². The highest BCUT2D eigenvalue weighted by Gasteiger charge is 2.22. The third-order valence-electron chi connectivity index (χ3n) is 3.70. The number of anilines is 1. The fourth-order valence-corrected chi connectivity index (χ4v) is 4.08. The molecule has 0 bridgehead atoms. The minimum Gasteiger partial charge on any atom is -0.378 e. The SMILES string of the molecule is CN(Cc1ccc(Br)s1)C(=O)c1cccnc1N1CCOCC1.